The molecule has 0 radical (unpaired) electrons. The van der Waals surface area contributed by atoms with Crippen LogP contribution in [-0.4, -0.2) is 31.4 Å². The Hall–Kier alpha value is -0.230. The van der Waals surface area contributed by atoms with Gasteiger partial charge in [0.1, 0.15) is 0 Å². The molecular formula is C10H17F2NO2S. The minimum absolute atomic E-state index is 0.0784. The number of nitrogens with two attached hydrogens (primary N) is 1. The maximum Gasteiger partial charge on any atom is 0.248 e. The molecule has 1 aliphatic heterocycles. The molecule has 0 spiro atoms. The van der Waals surface area contributed by atoms with E-state index in [1.807, 2.05) is 0 Å². The maximum absolute atomic E-state index is 13.0. The zero-order valence-corrected chi connectivity index (χ0v) is 9.90. The lowest BCUT2D eigenvalue weighted by Crippen LogP contribution is -2.52. The first-order valence-electron chi connectivity index (χ1n) is 5.60. The molecule has 0 bridgehead atoms. The number of alkyl halides is 2. The molecule has 1 aliphatic carbocycles. The highest BCUT2D eigenvalue weighted by atomic mass is 32.2. The molecule has 1 heterocycles. The van der Waals surface area contributed by atoms with Gasteiger partial charge in [-0.05, 0) is 25.2 Å². The Bertz CT molecular complexity index is 370. The van der Waals surface area contributed by atoms with Crippen molar-refractivity contribution in [3.05, 3.63) is 0 Å². The Labute approximate surface area is 94.3 Å². The molecule has 0 aromatic rings. The summed E-state index contributed by atoms with van der Waals surface area (Å²) in [5.74, 6) is -2.50. The molecule has 0 aromatic heterocycles. The molecule has 3 nitrogen and oxygen atoms in total. The van der Waals surface area contributed by atoms with Gasteiger partial charge in [0, 0.05) is 18.4 Å². The van der Waals surface area contributed by atoms with Gasteiger partial charge in [0.25, 0.3) is 0 Å². The summed E-state index contributed by atoms with van der Waals surface area (Å²) in [6, 6.07) is 0. The van der Waals surface area contributed by atoms with Crippen LogP contribution in [0.5, 0.6) is 0 Å². The van der Waals surface area contributed by atoms with Crippen molar-refractivity contribution >= 4 is 9.84 Å². The van der Waals surface area contributed by atoms with E-state index in [0.717, 1.165) is 0 Å². The van der Waals surface area contributed by atoms with Gasteiger partial charge in [-0.2, -0.15) is 0 Å². The summed E-state index contributed by atoms with van der Waals surface area (Å²) in [5.41, 5.74) is 5.42. The topological polar surface area (TPSA) is 60.2 Å². The summed E-state index contributed by atoms with van der Waals surface area (Å²) in [5, 5.41) is 0. The van der Waals surface area contributed by atoms with Gasteiger partial charge in [-0.3, -0.25) is 0 Å². The third kappa shape index (κ3) is 2.37. The predicted molar refractivity (Wildman–Crippen MR) is 57.1 cm³/mol. The summed E-state index contributed by atoms with van der Waals surface area (Å²) in [6.45, 7) is 0. The van der Waals surface area contributed by atoms with Gasteiger partial charge >= 0.3 is 0 Å². The number of sulfone groups is 1. The van der Waals surface area contributed by atoms with Crippen LogP contribution in [0.4, 0.5) is 8.78 Å². The molecular weight excluding hydrogens is 236 g/mol. The second-order valence-electron chi connectivity index (χ2n) is 5.19. The van der Waals surface area contributed by atoms with Gasteiger partial charge in [0.05, 0.1) is 11.5 Å². The second-order valence-corrected chi connectivity index (χ2v) is 7.42. The molecule has 2 aliphatic rings. The molecule has 2 fully saturated rings. The van der Waals surface area contributed by atoms with Crippen LogP contribution in [0.3, 0.4) is 0 Å². The first-order valence-corrected chi connectivity index (χ1v) is 7.42. The van der Waals surface area contributed by atoms with E-state index in [-0.39, 0.29) is 43.1 Å². The molecule has 0 aromatic carbocycles. The van der Waals surface area contributed by atoms with E-state index >= 15 is 0 Å². The van der Waals surface area contributed by atoms with Crippen molar-refractivity contribution in [2.45, 2.75) is 43.6 Å². The fourth-order valence-electron chi connectivity index (χ4n) is 2.74. The molecule has 94 valence electrons. The smallest absolute Gasteiger partial charge is 0.248 e. The molecule has 1 atom stereocenters. The first kappa shape index (κ1) is 12.2. The van der Waals surface area contributed by atoms with Crippen molar-refractivity contribution in [2.24, 2.45) is 11.7 Å². The third-order valence-corrected chi connectivity index (χ3v) is 5.73. The molecule has 1 unspecified atom stereocenters. The fourth-order valence-corrected chi connectivity index (χ4v) is 4.66. The van der Waals surface area contributed by atoms with Gasteiger partial charge in [-0.25, -0.2) is 17.2 Å². The van der Waals surface area contributed by atoms with E-state index in [4.69, 9.17) is 5.73 Å². The number of halogens is 2. The quantitative estimate of drug-likeness (QED) is 0.767. The fraction of sp³-hybridized carbons (Fsp3) is 1.00. The van der Waals surface area contributed by atoms with Crippen LogP contribution < -0.4 is 5.73 Å². The van der Waals surface area contributed by atoms with Crippen LogP contribution in [0.1, 0.15) is 32.1 Å². The number of hydrogen-bond acceptors (Lipinski definition) is 3. The molecule has 0 amide bonds. The van der Waals surface area contributed by atoms with E-state index in [0.29, 0.717) is 6.42 Å². The van der Waals surface area contributed by atoms with E-state index < -0.39 is 21.3 Å². The van der Waals surface area contributed by atoms with Crippen LogP contribution in [0.2, 0.25) is 0 Å². The third-order valence-electron chi connectivity index (χ3n) is 3.96. The van der Waals surface area contributed by atoms with Crippen LogP contribution in [0.25, 0.3) is 0 Å². The number of hydrogen-bond donors (Lipinski definition) is 1. The first-order chi connectivity index (χ1) is 7.23. The van der Waals surface area contributed by atoms with E-state index in [2.05, 4.69) is 0 Å². The zero-order chi connectivity index (χ0) is 12.0. The molecule has 16 heavy (non-hydrogen) atoms. The van der Waals surface area contributed by atoms with Gasteiger partial charge in [-0.1, -0.05) is 0 Å². The highest BCUT2D eigenvalue weighted by Crippen LogP contribution is 2.43. The van der Waals surface area contributed by atoms with E-state index in [1.165, 1.54) is 0 Å². The summed E-state index contributed by atoms with van der Waals surface area (Å²) in [7, 11) is -2.98. The zero-order valence-electron chi connectivity index (χ0n) is 9.09. The van der Waals surface area contributed by atoms with E-state index in [9.17, 15) is 17.2 Å². The largest absolute Gasteiger partial charge is 0.325 e. The van der Waals surface area contributed by atoms with Crippen molar-refractivity contribution in [1.29, 1.82) is 0 Å². The Morgan fingerprint density at radius 1 is 1.12 bits per heavy atom. The SMILES string of the molecule is NC1(C2CCS(=O)(=O)C2)CCC(F)(F)CC1. The molecule has 1 saturated heterocycles. The monoisotopic (exact) mass is 253 g/mol. The molecule has 2 rings (SSSR count). The summed E-state index contributed by atoms with van der Waals surface area (Å²) >= 11 is 0. The average Bonchev–Trinajstić information content (AvgIpc) is 2.53. The Kier molecular flexibility index (Phi) is 2.78. The van der Waals surface area contributed by atoms with Crippen molar-refractivity contribution in [3.8, 4) is 0 Å². The van der Waals surface area contributed by atoms with Crippen LogP contribution >= 0.6 is 0 Å². The summed E-state index contributed by atoms with van der Waals surface area (Å²) < 4.78 is 48.7. The Balaban J connectivity index is 2.05. The number of rotatable bonds is 1. The molecule has 2 N–H and O–H groups in total. The van der Waals surface area contributed by atoms with Crippen molar-refractivity contribution < 1.29 is 17.2 Å². The standard InChI is InChI=1S/C10H17F2NO2S/c11-10(12)4-2-9(13,3-5-10)8-1-6-16(14,15)7-8/h8H,1-7,13H2. The van der Waals surface area contributed by atoms with Crippen molar-refractivity contribution in [2.75, 3.05) is 11.5 Å². The van der Waals surface area contributed by atoms with Gasteiger partial charge in [0.15, 0.2) is 9.84 Å². The minimum Gasteiger partial charge on any atom is -0.325 e. The van der Waals surface area contributed by atoms with Crippen molar-refractivity contribution in [3.63, 3.8) is 0 Å². The lowest BCUT2D eigenvalue weighted by molar-refractivity contribution is -0.0571. The summed E-state index contributed by atoms with van der Waals surface area (Å²) in [6.07, 6.45) is 0.588. The maximum atomic E-state index is 13.0. The average molecular weight is 253 g/mol. The van der Waals surface area contributed by atoms with Gasteiger partial charge in [0.2, 0.25) is 5.92 Å². The van der Waals surface area contributed by atoms with Gasteiger partial charge < -0.3 is 5.73 Å². The van der Waals surface area contributed by atoms with Crippen LogP contribution in [0.15, 0.2) is 0 Å². The van der Waals surface area contributed by atoms with Gasteiger partial charge in [-0.15, -0.1) is 0 Å². The normalized spacial score (nSPS) is 36.1. The predicted octanol–water partition coefficient (Wildman–Crippen LogP) is 1.33. The highest BCUT2D eigenvalue weighted by Gasteiger charge is 2.48. The second kappa shape index (κ2) is 3.63. The van der Waals surface area contributed by atoms with Crippen LogP contribution in [0, 0.1) is 5.92 Å². The summed E-state index contributed by atoms with van der Waals surface area (Å²) in [4.78, 5) is 0. The molecule has 1 saturated carbocycles. The Morgan fingerprint density at radius 2 is 1.69 bits per heavy atom. The lowest BCUT2D eigenvalue weighted by Gasteiger charge is -2.41. The molecule has 6 heteroatoms. The highest BCUT2D eigenvalue weighted by molar-refractivity contribution is 7.91. The van der Waals surface area contributed by atoms with Crippen molar-refractivity contribution in [1.82, 2.24) is 0 Å². The minimum atomic E-state index is -2.98. The lowest BCUT2D eigenvalue weighted by atomic mass is 9.72. The van der Waals surface area contributed by atoms with Crippen LogP contribution in [-0.2, 0) is 9.84 Å². The van der Waals surface area contributed by atoms with E-state index in [1.54, 1.807) is 0 Å². The Morgan fingerprint density at radius 3 is 2.12 bits per heavy atom.